The third-order valence-electron chi connectivity index (χ3n) is 4.70. The summed E-state index contributed by atoms with van der Waals surface area (Å²) in [4.78, 5) is 0. The standard InChI is InChI=1S/C26H28BrN3O2S/c1-26(2,3)20-9-12-23(13-10-20)31-15-16-32-24-14-11-21(27)17-19(24)18-28-30-25(33)29-22-7-5-4-6-8-22/h4-14,17-18H,15-16H2,1-3H3,(H2,29,30,33). The zero-order valence-corrected chi connectivity index (χ0v) is 21.4. The van der Waals surface area contributed by atoms with Crippen molar-refractivity contribution in [2.45, 2.75) is 26.2 Å². The van der Waals surface area contributed by atoms with Crippen molar-refractivity contribution in [1.82, 2.24) is 5.43 Å². The highest BCUT2D eigenvalue weighted by Crippen LogP contribution is 2.25. The van der Waals surface area contributed by atoms with Crippen LogP contribution in [0.1, 0.15) is 31.9 Å². The van der Waals surface area contributed by atoms with Gasteiger partial charge in [-0.25, -0.2) is 0 Å². The lowest BCUT2D eigenvalue weighted by molar-refractivity contribution is 0.217. The normalized spacial score (nSPS) is 11.3. The second-order valence-electron chi connectivity index (χ2n) is 8.34. The molecular weight excluding hydrogens is 498 g/mol. The molecule has 3 aromatic rings. The van der Waals surface area contributed by atoms with E-state index < -0.39 is 0 Å². The van der Waals surface area contributed by atoms with Gasteiger partial charge in [-0.05, 0) is 65.7 Å². The fourth-order valence-electron chi connectivity index (χ4n) is 2.95. The zero-order chi connectivity index (χ0) is 23.7. The van der Waals surface area contributed by atoms with E-state index in [0.29, 0.717) is 24.1 Å². The van der Waals surface area contributed by atoms with Gasteiger partial charge in [0.2, 0.25) is 0 Å². The minimum atomic E-state index is 0.122. The van der Waals surface area contributed by atoms with Crippen LogP contribution in [0.25, 0.3) is 0 Å². The number of nitrogens with one attached hydrogen (secondary N) is 2. The van der Waals surface area contributed by atoms with Crippen LogP contribution in [0.15, 0.2) is 82.4 Å². The van der Waals surface area contributed by atoms with Crippen molar-refractivity contribution < 1.29 is 9.47 Å². The number of anilines is 1. The molecule has 0 saturated carbocycles. The quantitative estimate of drug-likeness (QED) is 0.151. The van der Waals surface area contributed by atoms with Crippen LogP contribution < -0.4 is 20.2 Å². The van der Waals surface area contributed by atoms with E-state index in [1.54, 1.807) is 6.21 Å². The first-order chi connectivity index (χ1) is 15.8. The highest BCUT2D eigenvalue weighted by atomic mass is 79.9. The van der Waals surface area contributed by atoms with Gasteiger partial charge in [-0.2, -0.15) is 5.10 Å². The van der Waals surface area contributed by atoms with Crippen molar-refractivity contribution >= 4 is 45.2 Å². The van der Waals surface area contributed by atoms with Crippen molar-refractivity contribution in [3.63, 3.8) is 0 Å². The van der Waals surface area contributed by atoms with E-state index in [9.17, 15) is 0 Å². The van der Waals surface area contributed by atoms with E-state index in [-0.39, 0.29) is 5.41 Å². The van der Waals surface area contributed by atoms with Crippen LogP contribution >= 0.6 is 28.1 Å². The fraction of sp³-hybridized carbons (Fsp3) is 0.231. The molecule has 0 amide bonds. The van der Waals surface area contributed by atoms with E-state index in [0.717, 1.165) is 21.5 Å². The molecule has 0 saturated heterocycles. The first-order valence-electron chi connectivity index (χ1n) is 10.6. The highest BCUT2D eigenvalue weighted by Gasteiger charge is 2.13. The molecule has 0 spiro atoms. The molecule has 172 valence electrons. The highest BCUT2D eigenvalue weighted by molar-refractivity contribution is 9.10. The number of hydrazone groups is 1. The molecular formula is C26H28BrN3O2S. The molecule has 0 bridgehead atoms. The number of thiocarbonyl (C=S) groups is 1. The maximum Gasteiger partial charge on any atom is 0.191 e. The molecule has 0 aliphatic rings. The first kappa shape index (κ1) is 24.7. The van der Waals surface area contributed by atoms with E-state index in [1.165, 1.54) is 5.56 Å². The number of rotatable bonds is 8. The number of ether oxygens (including phenoxy) is 2. The summed E-state index contributed by atoms with van der Waals surface area (Å²) in [6, 6.07) is 23.6. The van der Waals surface area contributed by atoms with Crippen molar-refractivity contribution in [1.29, 1.82) is 0 Å². The smallest absolute Gasteiger partial charge is 0.191 e. The third kappa shape index (κ3) is 8.18. The SMILES string of the molecule is CC(C)(C)c1ccc(OCCOc2ccc(Br)cc2C=NNC(=S)Nc2ccccc2)cc1. The van der Waals surface area contributed by atoms with Crippen molar-refractivity contribution in [3.05, 3.63) is 88.4 Å². The summed E-state index contributed by atoms with van der Waals surface area (Å²) in [5.41, 5.74) is 5.93. The van der Waals surface area contributed by atoms with Crippen LogP contribution in [-0.4, -0.2) is 24.5 Å². The number of hydrogen-bond donors (Lipinski definition) is 2. The van der Waals surface area contributed by atoms with E-state index in [1.807, 2.05) is 60.7 Å². The molecule has 33 heavy (non-hydrogen) atoms. The minimum Gasteiger partial charge on any atom is -0.490 e. The topological polar surface area (TPSA) is 54.9 Å². The van der Waals surface area contributed by atoms with Crippen molar-refractivity contribution in [2.24, 2.45) is 5.10 Å². The van der Waals surface area contributed by atoms with Gasteiger partial charge < -0.3 is 14.8 Å². The largest absolute Gasteiger partial charge is 0.490 e. The maximum absolute atomic E-state index is 5.93. The predicted octanol–water partition coefficient (Wildman–Crippen LogP) is 6.52. The van der Waals surface area contributed by atoms with Gasteiger partial charge in [0.25, 0.3) is 0 Å². The van der Waals surface area contributed by atoms with Gasteiger partial charge in [0.05, 0.1) is 6.21 Å². The minimum absolute atomic E-state index is 0.122. The van der Waals surface area contributed by atoms with Gasteiger partial charge in [0.15, 0.2) is 5.11 Å². The molecule has 7 heteroatoms. The summed E-state index contributed by atoms with van der Waals surface area (Å²) < 4.78 is 12.7. The molecule has 0 heterocycles. The summed E-state index contributed by atoms with van der Waals surface area (Å²) in [6.07, 6.45) is 1.67. The molecule has 0 aromatic heterocycles. The molecule has 0 aliphatic heterocycles. The molecule has 0 radical (unpaired) electrons. The number of para-hydroxylation sites is 1. The Balaban J connectivity index is 1.51. The fourth-order valence-corrected chi connectivity index (χ4v) is 3.50. The van der Waals surface area contributed by atoms with Crippen molar-refractivity contribution in [3.8, 4) is 11.5 Å². The van der Waals surface area contributed by atoms with Gasteiger partial charge in [-0.15, -0.1) is 0 Å². The monoisotopic (exact) mass is 525 g/mol. The van der Waals surface area contributed by atoms with Gasteiger partial charge >= 0.3 is 0 Å². The van der Waals surface area contributed by atoms with Crippen LogP contribution in [0, 0.1) is 0 Å². The van der Waals surface area contributed by atoms with E-state index in [4.69, 9.17) is 21.7 Å². The van der Waals surface area contributed by atoms with Crippen LogP contribution in [0.3, 0.4) is 0 Å². The van der Waals surface area contributed by atoms with Gasteiger partial charge in [-0.1, -0.05) is 67.0 Å². The van der Waals surface area contributed by atoms with Crippen LogP contribution in [0.2, 0.25) is 0 Å². The number of benzene rings is 3. The first-order valence-corrected chi connectivity index (χ1v) is 11.8. The Kier molecular flexibility index (Phi) is 8.86. The van der Waals surface area contributed by atoms with Gasteiger partial charge in [0, 0.05) is 15.7 Å². The Morgan fingerprint density at radius 2 is 1.67 bits per heavy atom. The molecule has 0 unspecified atom stereocenters. The van der Waals surface area contributed by atoms with E-state index in [2.05, 4.69) is 64.7 Å². The lowest BCUT2D eigenvalue weighted by Gasteiger charge is -2.19. The Labute approximate surface area is 209 Å². The molecule has 3 aromatic carbocycles. The molecule has 5 nitrogen and oxygen atoms in total. The second kappa shape index (κ2) is 11.8. The summed E-state index contributed by atoms with van der Waals surface area (Å²) in [7, 11) is 0. The zero-order valence-electron chi connectivity index (χ0n) is 19.0. The van der Waals surface area contributed by atoms with Crippen LogP contribution in [0.4, 0.5) is 5.69 Å². The van der Waals surface area contributed by atoms with Gasteiger partial charge in [-0.3, -0.25) is 5.43 Å². The number of nitrogens with zero attached hydrogens (tertiary/aromatic N) is 1. The third-order valence-corrected chi connectivity index (χ3v) is 5.39. The Morgan fingerprint density at radius 1 is 0.970 bits per heavy atom. The predicted molar refractivity (Wildman–Crippen MR) is 144 cm³/mol. The lowest BCUT2D eigenvalue weighted by Crippen LogP contribution is -2.23. The Hall–Kier alpha value is -2.90. The second-order valence-corrected chi connectivity index (χ2v) is 9.67. The lowest BCUT2D eigenvalue weighted by atomic mass is 9.87. The number of halogens is 1. The summed E-state index contributed by atoms with van der Waals surface area (Å²) >= 11 is 8.77. The molecule has 0 aliphatic carbocycles. The number of hydrogen-bond acceptors (Lipinski definition) is 4. The molecule has 2 N–H and O–H groups in total. The molecule has 0 fully saturated rings. The summed E-state index contributed by atoms with van der Waals surface area (Å²) in [6.45, 7) is 7.42. The summed E-state index contributed by atoms with van der Waals surface area (Å²) in [5.74, 6) is 1.53. The van der Waals surface area contributed by atoms with Crippen LogP contribution in [0.5, 0.6) is 11.5 Å². The molecule has 3 rings (SSSR count). The average Bonchev–Trinajstić information content (AvgIpc) is 2.78. The van der Waals surface area contributed by atoms with Gasteiger partial charge in [0.1, 0.15) is 24.7 Å². The Morgan fingerprint density at radius 3 is 2.36 bits per heavy atom. The average molecular weight is 527 g/mol. The Bertz CT molecular complexity index is 1080. The van der Waals surface area contributed by atoms with Crippen LogP contribution in [-0.2, 0) is 5.41 Å². The van der Waals surface area contributed by atoms with Crippen molar-refractivity contribution in [2.75, 3.05) is 18.5 Å². The summed E-state index contributed by atoms with van der Waals surface area (Å²) in [5, 5.41) is 7.71. The molecule has 0 atom stereocenters. The van der Waals surface area contributed by atoms with E-state index >= 15 is 0 Å². The maximum atomic E-state index is 5.93.